The van der Waals surface area contributed by atoms with E-state index in [1.54, 1.807) is 0 Å². The smallest absolute Gasteiger partial charge is 0.126 e. The fourth-order valence-electron chi connectivity index (χ4n) is 3.57. The van der Waals surface area contributed by atoms with E-state index in [9.17, 15) is 8.78 Å². The third kappa shape index (κ3) is 2.49. The largest absolute Gasteiger partial charge is 0.363 e. The predicted molar refractivity (Wildman–Crippen MR) is 86.2 cm³/mol. The van der Waals surface area contributed by atoms with Gasteiger partial charge in [0.25, 0.3) is 0 Å². The number of nitrogens with zero attached hydrogens (tertiary/aromatic N) is 1. The van der Waals surface area contributed by atoms with Gasteiger partial charge in [-0.05, 0) is 35.7 Å². The van der Waals surface area contributed by atoms with Crippen molar-refractivity contribution < 1.29 is 8.78 Å². The standard InChI is InChI=1S/C19H21F2N/c1-4-17(13-9-14(20)11-15(21)10-13)22-12-19(2,3)16-7-5-6-8-18(16)22/h5-11,17H,4,12H2,1-3H3. The predicted octanol–water partition coefficient (Wildman–Crippen LogP) is 5.21. The van der Waals surface area contributed by atoms with Gasteiger partial charge >= 0.3 is 0 Å². The third-order valence-corrected chi connectivity index (χ3v) is 4.54. The van der Waals surface area contributed by atoms with E-state index < -0.39 is 11.6 Å². The lowest BCUT2D eigenvalue weighted by atomic mass is 9.87. The van der Waals surface area contributed by atoms with E-state index in [0.717, 1.165) is 19.0 Å². The van der Waals surface area contributed by atoms with Crippen molar-refractivity contribution in [3.8, 4) is 0 Å². The molecule has 1 aliphatic heterocycles. The Morgan fingerprint density at radius 2 is 1.73 bits per heavy atom. The maximum atomic E-state index is 13.6. The summed E-state index contributed by atoms with van der Waals surface area (Å²) in [5.74, 6) is -1.03. The summed E-state index contributed by atoms with van der Waals surface area (Å²) in [5, 5.41) is 0. The minimum absolute atomic E-state index is 0.0203. The van der Waals surface area contributed by atoms with Gasteiger partial charge in [0.05, 0.1) is 6.04 Å². The minimum Gasteiger partial charge on any atom is -0.363 e. The summed E-state index contributed by atoms with van der Waals surface area (Å²) >= 11 is 0. The Kier molecular flexibility index (Phi) is 3.67. The van der Waals surface area contributed by atoms with Crippen molar-refractivity contribution in [1.29, 1.82) is 0 Å². The van der Waals surface area contributed by atoms with Crippen LogP contribution < -0.4 is 4.90 Å². The Balaban J connectivity index is 2.05. The van der Waals surface area contributed by atoms with E-state index in [1.807, 2.05) is 12.1 Å². The second kappa shape index (κ2) is 5.38. The van der Waals surface area contributed by atoms with Gasteiger partial charge in [0, 0.05) is 23.7 Å². The Bertz CT molecular complexity index is 673. The van der Waals surface area contributed by atoms with Crippen molar-refractivity contribution in [3.63, 3.8) is 0 Å². The summed E-state index contributed by atoms with van der Waals surface area (Å²) in [6.07, 6.45) is 0.799. The van der Waals surface area contributed by atoms with E-state index in [-0.39, 0.29) is 11.5 Å². The molecular weight excluding hydrogens is 280 g/mol. The molecule has 0 bridgehead atoms. The van der Waals surface area contributed by atoms with Gasteiger partial charge in [0.1, 0.15) is 11.6 Å². The normalized spacial score (nSPS) is 17.4. The summed E-state index contributed by atoms with van der Waals surface area (Å²) in [6, 6.07) is 12.1. The third-order valence-electron chi connectivity index (χ3n) is 4.54. The number of para-hydroxylation sites is 1. The van der Waals surface area contributed by atoms with Crippen LogP contribution in [0.15, 0.2) is 42.5 Å². The van der Waals surface area contributed by atoms with Crippen LogP contribution in [0.4, 0.5) is 14.5 Å². The number of benzene rings is 2. The molecule has 0 radical (unpaired) electrons. The molecule has 116 valence electrons. The van der Waals surface area contributed by atoms with Crippen molar-refractivity contribution in [2.45, 2.75) is 38.6 Å². The first-order valence-electron chi connectivity index (χ1n) is 7.74. The number of anilines is 1. The molecule has 0 aromatic heterocycles. The highest BCUT2D eigenvalue weighted by Crippen LogP contribution is 2.45. The van der Waals surface area contributed by atoms with Gasteiger partial charge in [-0.25, -0.2) is 8.78 Å². The van der Waals surface area contributed by atoms with Gasteiger partial charge in [-0.15, -0.1) is 0 Å². The SMILES string of the molecule is CCC(c1cc(F)cc(F)c1)N1CC(C)(C)c2ccccc21. The summed E-state index contributed by atoms with van der Waals surface area (Å²) < 4.78 is 27.2. The van der Waals surface area contributed by atoms with Crippen LogP contribution >= 0.6 is 0 Å². The van der Waals surface area contributed by atoms with Gasteiger partial charge in [0.15, 0.2) is 0 Å². The van der Waals surface area contributed by atoms with Crippen molar-refractivity contribution in [3.05, 3.63) is 65.2 Å². The topological polar surface area (TPSA) is 3.24 Å². The lowest BCUT2D eigenvalue weighted by Gasteiger charge is -2.31. The molecule has 1 heterocycles. The van der Waals surface area contributed by atoms with Gasteiger partial charge in [-0.2, -0.15) is 0 Å². The zero-order chi connectivity index (χ0) is 15.9. The van der Waals surface area contributed by atoms with Gasteiger partial charge in [-0.1, -0.05) is 39.0 Å². The van der Waals surface area contributed by atoms with Crippen LogP contribution in [0.3, 0.4) is 0 Å². The zero-order valence-corrected chi connectivity index (χ0v) is 13.2. The fraction of sp³-hybridized carbons (Fsp3) is 0.368. The molecule has 0 saturated heterocycles. The maximum absolute atomic E-state index is 13.6. The number of hydrogen-bond donors (Lipinski definition) is 0. The van der Waals surface area contributed by atoms with E-state index in [1.165, 1.54) is 23.4 Å². The molecule has 1 nitrogen and oxygen atoms in total. The Morgan fingerprint density at radius 3 is 2.36 bits per heavy atom. The van der Waals surface area contributed by atoms with Crippen LogP contribution in [0.1, 0.15) is 44.4 Å². The Morgan fingerprint density at radius 1 is 1.09 bits per heavy atom. The van der Waals surface area contributed by atoms with E-state index in [0.29, 0.717) is 5.56 Å². The van der Waals surface area contributed by atoms with Gasteiger partial charge in [0.2, 0.25) is 0 Å². The Labute approximate surface area is 130 Å². The summed E-state index contributed by atoms with van der Waals surface area (Å²) in [6.45, 7) is 7.33. The first kappa shape index (κ1) is 15.0. The number of halogens is 2. The second-order valence-electron chi connectivity index (χ2n) is 6.66. The van der Waals surface area contributed by atoms with Crippen LogP contribution in [-0.2, 0) is 5.41 Å². The molecular formula is C19H21F2N. The molecule has 2 aromatic rings. The van der Waals surface area contributed by atoms with Crippen LogP contribution in [0.25, 0.3) is 0 Å². The average molecular weight is 301 g/mol. The monoisotopic (exact) mass is 301 g/mol. The van der Waals surface area contributed by atoms with Crippen LogP contribution in [0.2, 0.25) is 0 Å². The molecule has 0 spiro atoms. The van der Waals surface area contributed by atoms with Crippen LogP contribution in [0, 0.1) is 11.6 Å². The summed E-state index contributed by atoms with van der Waals surface area (Å²) in [5.41, 5.74) is 3.21. The highest BCUT2D eigenvalue weighted by molar-refractivity contribution is 5.63. The molecule has 3 rings (SSSR count). The minimum atomic E-state index is -0.514. The van der Waals surface area contributed by atoms with E-state index >= 15 is 0 Å². The first-order valence-corrected chi connectivity index (χ1v) is 7.74. The second-order valence-corrected chi connectivity index (χ2v) is 6.66. The molecule has 3 heteroatoms. The summed E-state index contributed by atoms with van der Waals surface area (Å²) in [7, 11) is 0. The van der Waals surface area contributed by atoms with E-state index in [2.05, 4.69) is 37.8 Å². The summed E-state index contributed by atoms with van der Waals surface area (Å²) in [4.78, 5) is 2.28. The molecule has 1 unspecified atom stereocenters. The molecule has 0 amide bonds. The van der Waals surface area contributed by atoms with Gasteiger partial charge in [-0.3, -0.25) is 0 Å². The number of rotatable bonds is 3. The first-order chi connectivity index (χ1) is 10.4. The molecule has 22 heavy (non-hydrogen) atoms. The fourth-order valence-corrected chi connectivity index (χ4v) is 3.57. The molecule has 2 aromatic carbocycles. The molecule has 1 atom stereocenters. The molecule has 0 aliphatic carbocycles. The van der Waals surface area contributed by atoms with Crippen LogP contribution in [0.5, 0.6) is 0 Å². The van der Waals surface area contributed by atoms with Crippen molar-refractivity contribution >= 4 is 5.69 Å². The van der Waals surface area contributed by atoms with Crippen molar-refractivity contribution in [1.82, 2.24) is 0 Å². The molecule has 0 N–H and O–H groups in total. The highest BCUT2D eigenvalue weighted by Gasteiger charge is 2.37. The number of hydrogen-bond acceptors (Lipinski definition) is 1. The lowest BCUT2D eigenvalue weighted by Crippen LogP contribution is -2.32. The van der Waals surface area contributed by atoms with Crippen molar-refractivity contribution in [2.75, 3.05) is 11.4 Å². The molecule has 1 aliphatic rings. The maximum Gasteiger partial charge on any atom is 0.126 e. The van der Waals surface area contributed by atoms with Gasteiger partial charge < -0.3 is 4.90 Å². The quantitative estimate of drug-likeness (QED) is 0.752. The average Bonchev–Trinajstić information content (AvgIpc) is 2.71. The molecule has 0 saturated carbocycles. The van der Waals surface area contributed by atoms with E-state index in [4.69, 9.17) is 0 Å². The Hall–Kier alpha value is -1.90. The number of fused-ring (bicyclic) bond motifs is 1. The van der Waals surface area contributed by atoms with Crippen molar-refractivity contribution in [2.24, 2.45) is 0 Å². The van der Waals surface area contributed by atoms with Crippen LogP contribution in [-0.4, -0.2) is 6.54 Å². The zero-order valence-electron chi connectivity index (χ0n) is 13.2. The lowest BCUT2D eigenvalue weighted by molar-refractivity contribution is 0.505. The highest BCUT2D eigenvalue weighted by atomic mass is 19.1. The molecule has 0 fully saturated rings.